The Labute approximate surface area is 255 Å². The van der Waals surface area contributed by atoms with E-state index in [0.29, 0.717) is 0 Å². The minimum Gasteiger partial charge on any atom is -0.390 e. The van der Waals surface area contributed by atoms with E-state index in [1.807, 2.05) is 0 Å². The summed E-state index contributed by atoms with van der Waals surface area (Å²) in [6, 6.07) is -1.98. The molecule has 5 heterocycles. The van der Waals surface area contributed by atoms with E-state index in [0.717, 1.165) is 0 Å². The number of anilines is 1. The highest BCUT2D eigenvalue weighted by Gasteiger charge is 2.64. The van der Waals surface area contributed by atoms with Crippen molar-refractivity contribution in [3.8, 4) is 0 Å². The molecule has 2 aromatic heterocycles. The quantitative estimate of drug-likeness (QED) is 0.126. The van der Waals surface area contributed by atoms with Crippen molar-refractivity contribution in [2.45, 2.75) is 92.6 Å². The summed E-state index contributed by atoms with van der Waals surface area (Å²) in [6.45, 7) is 0.890. The molecule has 4 aliphatic rings. The van der Waals surface area contributed by atoms with Gasteiger partial charge in [-0.05, 0) is 21.0 Å². The van der Waals surface area contributed by atoms with Crippen molar-refractivity contribution in [1.82, 2.24) is 30.2 Å². The molecule has 0 spiro atoms. The number of nitrogens with two attached hydrogens (primary N) is 1. The summed E-state index contributed by atoms with van der Waals surface area (Å²) in [5.74, 6) is -3.08. The van der Waals surface area contributed by atoms with Gasteiger partial charge in [0.05, 0.1) is 37.2 Å². The first-order valence-electron chi connectivity index (χ1n) is 14.2. The summed E-state index contributed by atoms with van der Waals surface area (Å²) < 4.78 is 48.5. The summed E-state index contributed by atoms with van der Waals surface area (Å²) in [4.78, 5) is 35.6. The van der Waals surface area contributed by atoms with Crippen molar-refractivity contribution < 1.29 is 62.7 Å². The lowest BCUT2D eigenvalue weighted by Gasteiger charge is -2.56. The van der Waals surface area contributed by atoms with E-state index >= 15 is 0 Å². The average Bonchev–Trinajstić information content (AvgIpc) is 3.53. The summed E-state index contributed by atoms with van der Waals surface area (Å²) in [6.07, 6.45) is -10.8. The predicted molar refractivity (Wildman–Crippen MR) is 147 cm³/mol. The van der Waals surface area contributed by atoms with Crippen LogP contribution >= 0.6 is 7.82 Å². The molecule has 3 saturated heterocycles. The van der Waals surface area contributed by atoms with Crippen LogP contribution in [0.25, 0.3) is 11.2 Å². The number of nitrogens with one attached hydrogen (secondary N) is 2. The zero-order valence-corrected chi connectivity index (χ0v) is 25.2. The highest BCUT2D eigenvalue weighted by molar-refractivity contribution is 7.47. The molecule has 0 amide bonds. The van der Waals surface area contributed by atoms with Gasteiger partial charge in [-0.2, -0.15) is 0 Å². The van der Waals surface area contributed by atoms with Crippen molar-refractivity contribution in [3.63, 3.8) is 0 Å². The van der Waals surface area contributed by atoms with E-state index < -0.39 is 99.4 Å². The van der Waals surface area contributed by atoms with Crippen molar-refractivity contribution in [1.29, 1.82) is 0 Å². The second kappa shape index (κ2) is 12.1. The van der Waals surface area contributed by atoms with Crippen molar-refractivity contribution in [2.75, 3.05) is 26.4 Å². The normalized spacial score (nSPS) is 43.2. The fourth-order valence-corrected chi connectivity index (χ4v) is 7.24. The molecular formula is C24H36N7O13P. The van der Waals surface area contributed by atoms with Crippen LogP contribution in [0.5, 0.6) is 0 Å². The van der Waals surface area contributed by atoms with Crippen LogP contribution in [0.4, 0.5) is 5.82 Å². The van der Waals surface area contributed by atoms with E-state index in [-0.39, 0.29) is 23.4 Å². The van der Waals surface area contributed by atoms with Gasteiger partial charge in [0.15, 0.2) is 23.5 Å². The van der Waals surface area contributed by atoms with Crippen LogP contribution in [0.3, 0.4) is 0 Å². The SMILES string of the molecule is CNC1C(O)C(NC)C(OP(=O)(O)OCC2OC(n3cnc4c(N)ncnc43)C(O)C2O)C2OC3OC(C)CC(=O)C3(O)OC12. The second-order valence-electron chi connectivity index (χ2n) is 11.4. The smallest absolute Gasteiger partial charge is 0.390 e. The van der Waals surface area contributed by atoms with Crippen LogP contribution in [0.2, 0.25) is 0 Å². The number of likely N-dealkylation sites (N-methyl/N-ethyl adjacent to an activating group) is 2. The number of nitrogen functional groups attached to an aromatic ring is 1. The zero-order valence-electron chi connectivity index (χ0n) is 24.3. The molecule has 14 atom stereocenters. The lowest BCUT2D eigenvalue weighted by Crippen LogP contribution is -2.78. The minimum atomic E-state index is -5.04. The van der Waals surface area contributed by atoms with Crippen LogP contribution in [0.1, 0.15) is 19.6 Å². The van der Waals surface area contributed by atoms with Gasteiger partial charge >= 0.3 is 7.82 Å². The number of ether oxygens (including phenoxy) is 4. The fourth-order valence-electron chi connectivity index (χ4n) is 6.29. The Morgan fingerprint density at radius 2 is 1.82 bits per heavy atom. The van der Waals surface area contributed by atoms with Gasteiger partial charge in [0.25, 0.3) is 5.79 Å². The van der Waals surface area contributed by atoms with E-state index in [2.05, 4.69) is 25.6 Å². The van der Waals surface area contributed by atoms with Crippen LogP contribution < -0.4 is 16.4 Å². The molecule has 9 N–H and O–H groups in total. The Bertz CT molecular complexity index is 1470. The number of nitrogens with zero attached hydrogens (tertiary/aromatic N) is 4. The van der Waals surface area contributed by atoms with Crippen molar-refractivity contribution >= 4 is 30.6 Å². The zero-order chi connectivity index (χ0) is 32.4. The number of Topliss-reactive ketones (excluding diaryl/α,β-unsaturated/α-hetero) is 1. The first-order valence-corrected chi connectivity index (χ1v) is 15.7. The maximum Gasteiger partial charge on any atom is 0.472 e. The molecule has 14 unspecified atom stereocenters. The second-order valence-corrected chi connectivity index (χ2v) is 12.8. The fraction of sp³-hybridized carbons (Fsp3) is 0.750. The minimum absolute atomic E-state index is 0.0919. The number of phosphoric ester groups is 1. The number of hydrogen-bond acceptors (Lipinski definition) is 18. The topological polar surface area (TPSA) is 284 Å². The molecule has 3 aliphatic heterocycles. The highest BCUT2D eigenvalue weighted by atomic mass is 31.2. The van der Waals surface area contributed by atoms with E-state index in [1.165, 1.54) is 31.3 Å². The Balaban J connectivity index is 1.19. The van der Waals surface area contributed by atoms with E-state index in [1.54, 1.807) is 6.92 Å². The van der Waals surface area contributed by atoms with Gasteiger partial charge in [-0.25, -0.2) is 19.5 Å². The van der Waals surface area contributed by atoms with Gasteiger partial charge in [-0.1, -0.05) is 0 Å². The van der Waals surface area contributed by atoms with Gasteiger partial charge in [-0.15, -0.1) is 0 Å². The van der Waals surface area contributed by atoms with Crippen LogP contribution in [0.15, 0.2) is 12.7 Å². The number of phosphoric acid groups is 1. The Morgan fingerprint density at radius 3 is 2.53 bits per heavy atom. The number of rotatable bonds is 8. The van der Waals surface area contributed by atoms with E-state index in [9.17, 15) is 34.7 Å². The summed E-state index contributed by atoms with van der Waals surface area (Å²) in [5, 5.41) is 49.3. The largest absolute Gasteiger partial charge is 0.472 e. The van der Waals surface area contributed by atoms with Crippen LogP contribution in [0, 0.1) is 0 Å². The Morgan fingerprint density at radius 1 is 1.09 bits per heavy atom. The number of aliphatic hydroxyl groups excluding tert-OH is 3. The number of hydrogen-bond donors (Lipinski definition) is 8. The van der Waals surface area contributed by atoms with Gasteiger partial charge in [0.2, 0.25) is 6.29 Å². The number of aromatic nitrogens is 4. The molecule has 20 nitrogen and oxygen atoms in total. The molecule has 0 aromatic carbocycles. The number of imidazole rings is 1. The number of ketones is 1. The molecule has 6 rings (SSSR count). The standard InChI is InChI=1S/C24H36N7O13P/c1-8-4-10(32)24(36)23(40-8)42-19-17(43-24)11(26-2)15(34)12(27-3)18(19)44-45(37,38)39-5-9-14(33)16(35)22(41-9)31-7-30-13-20(25)28-6-29-21(13)31/h6-9,11-12,14-19,22-23,26-27,33-36H,4-5H2,1-3H3,(H,37,38)(H2,25,28,29). The molecule has 1 saturated carbocycles. The lowest BCUT2D eigenvalue weighted by molar-refractivity contribution is -0.419. The summed E-state index contributed by atoms with van der Waals surface area (Å²) in [7, 11) is -2.04. The number of carbonyl (C=O) groups is 1. The lowest BCUT2D eigenvalue weighted by atomic mass is 9.80. The molecular weight excluding hydrogens is 625 g/mol. The van der Waals surface area contributed by atoms with E-state index in [4.69, 9.17) is 33.7 Å². The van der Waals surface area contributed by atoms with Crippen molar-refractivity contribution in [3.05, 3.63) is 12.7 Å². The van der Waals surface area contributed by atoms with Gasteiger partial charge in [-0.3, -0.25) is 18.4 Å². The monoisotopic (exact) mass is 661 g/mol. The average molecular weight is 662 g/mol. The Kier molecular flexibility index (Phi) is 8.76. The number of fused-ring (bicyclic) bond motifs is 3. The maximum atomic E-state index is 13.3. The third-order valence-electron chi connectivity index (χ3n) is 8.56. The molecule has 45 heavy (non-hydrogen) atoms. The van der Waals surface area contributed by atoms with Gasteiger partial charge in [0.1, 0.15) is 48.5 Å². The third kappa shape index (κ3) is 5.57. The summed E-state index contributed by atoms with van der Waals surface area (Å²) in [5.41, 5.74) is 6.28. The Hall–Kier alpha value is -2.27. The molecule has 0 bridgehead atoms. The van der Waals surface area contributed by atoms with Crippen LogP contribution in [-0.4, -0.2) is 144 Å². The highest BCUT2D eigenvalue weighted by Crippen LogP contribution is 2.50. The molecule has 21 heteroatoms. The first-order chi connectivity index (χ1) is 21.3. The van der Waals surface area contributed by atoms with Crippen LogP contribution in [-0.2, 0) is 37.4 Å². The molecule has 2 aromatic rings. The molecule has 1 aliphatic carbocycles. The first kappa shape index (κ1) is 32.7. The van der Waals surface area contributed by atoms with Gasteiger partial charge < -0.3 is 60.6 Å². The van der Waals surface area contributed by atoms with Crippen molar-refractivity contribution in [2.24, 2.45) is 0 Å². The predicted octanol–water partition coefficient (Wildman–Crippen LogP) is -3.74. The molecule has 4 fully saturated rings. The molecule has 0 radical (unpaired) electrons. The van der Waals surface area contributed by atoms with Gasteiger partial charge in [0, 0.05) is 6.42 Å². The molecule has 250 valence electrons. The summed E-state index contributed by atoms with van der Waals surface area (Å²) >= 11 is 0. The number of aliphatic hydroxyl groups is 4. The third-order valence-corrected chi connectivity index (χ3v) is 9.54. The number of carbonyl (C=O) groups excluding carboxylic acids is 1. The maximum absolute atomic E-state index is 13.3.